The number of rotatable bonds is 2. The summed E-state index contributed by atoms with van der Waals surface area (Å²) < 4.78 is 14.2. The summed E-state index contributed by atoms with van der Waals surface area (Å²) in [6.07, 6.45) is 2.91. The number of nitrogens with zero attached hydrogens (tertiary/aromatic N) is 4. The van der Waals surface area contributed by atoms with Crippen molar-refractivity contribution in [3.63, 3.8) is 0 Å². The van der Waals surface area contributed by atoms with Gasteiger partial charge in [-0.25, -0.2) is 14.4 Å². The maximum atomic E-state index is 14.2. The number of anilines is 1. The van der Waals surface area contributed by atoms with Crippen LogP contribution >= 0.6 is 0 Å². The van der Waals surface area contributed by atoms with Gasteiger partial charge in [-0.2, -0.15) is 0 Å². The van der Waals surface area contributed by atoms with Crippen molar-refractivity contribution in [2.45, 2.75) is 0 Å². The number of piperazine rings is 1. The van der Waals surface area contributed by atoms with Crippen LogP contribution in [0.15, 0.2) is 42.7 Å². The van der Waals surface area contributed by atoms with E-state index in [1.165, 1.54) is 6.20 Å². The van der Waals surface area contributed by atoms with E-state index in [-0.39, 0.29) is 0 Å². The van der Waals surface area contributed by atoms with Crippen molar-refractivity contribution >= 4 is 16.9 Å². The molecule has 116 valence electrons. The fourth-order valence-corrected chi connectivity index (χ4v) is 2.78. The molecule has 4 rings (SSSR count). The molecule has 5 nitrogen and oxygen atoms in total. The highest BCUT2D eigenvalue weighted by atomic mass is 19.1. The van der Waals surface area contributed by atoms with Crippen molar-refractivity contribution in [1.29, 1.82) is 0 Å². The van der Waals surface area contributed by atoms with Gasteiger partial charge in [0, 0.05) is 43.3 Å². The van der Waals surface area contributed by atoms with Gasteiger partial charge in [0.1, 0.15) is 5.69 Å². The molecule has 3 heterocycles. The first-order valence-corrected chi connectivity index (χ1v) is 7.65. The lowest BCUT2D eigenvalue weighted by molar-refractivity contribution is 0.573. The number of benzene rings is 1. The predicted molar refractivity (Wildman–Crippen MR) is 87.8 cm³/mol. The second kappa shape index (κ2) is 5.89. The van der Waals surface area contributed by atoms with Crippen LogP contribution in [-0.4, -0.2) is 41.1 Å². The summed E-state index contributed by atoms with van der Waals surface area (Å²) in [5.74, 6) is 0.136. The smallest absolute Gasteiger partial charge is 0.226 e. The molecule has 0 unspecified atom stereocenters. The molecule has 0 bridgehead atoms. The molecule has 1 fully saturated rings. The summed E-state index contributed by atoms with van der Waals surface area (Å²) in [7, 11) is 0. The molecule has 1 aliphatic rings. The van der Waals surface area contributed by atoms with Gasteiger partial charge in [0.15, 0.2) is 5.82 Å². The number of fused-ring (bicyclic) bond motifs is 1. The number of nitrogens with one attached hydrogen (secondary N) is 1. The van der Waals surface area contributed by atoms with Crippen LogP contribution in [0, 0.1) is 5.82 Å². The van der Waals surface area contributed by atoms with Crippen LogP contribution in [0.25, 0.3) is 22.2 Å². The van der Waals surface area contributed by atoms with E-state index in [0.717, 1.165) is 37.1 Å². The van der Waals surface area contributed by atoms with E-state index < -0.39 is 5.82 Å². The summed E-state index contributed by atoms with van der Waals surface area (Å²) in [5.41, 5.74) is 1.85. The third-order valence-corrected chi connectivity index (χ3v) is 4.00. The Kier molecular flexibility index (Phi) is 3.59. The molecule has 0 atom stereocenters. The molecule has 1 saturated heterocycles. The zero-order chi connectivity index (χ0) is 15.6. The van der Waals surface area contributed by atoms with Crippen LogP contribution < -0.4 is 10.2 Å². The topological polar surface area (TPSA) is 53.9 Å². The molecule has 1 aromatic carbocycles. The molecule has 0 aliphatic carbocycles. The Balaban J connectivity index is 1.76. The van der Waals surface area contributed by atoms with Crippen LogP contribution in [0.3, 0.4) is 0 Å². The van der Waals surface area contributed by atoms with Gasteiger partial charge in [0.2, 0.25) is 5.95 Å². The summed E-state index contributed by atoms with van der Waals surface area (Å²) in [5, 5.41) is 4.25. The monoisotopic (exact) mass is 309 g/mol. The largest absolute Gasteiger partial charge is 0.338 e. The minimum Gasteiger partial charge on any atom is -0.338 e. The third kappa shape index (κ3) is 2.73. The normalized spacial score (nSPS) is 15.1. The summed E-state index contributed by atoms with van der Waals surface area (Å²) in [6, 6.07) is 9.68. The maximum Gasteiger partial charge on any atom is 0.226 e. The highest BCUT2D eigenvalue weighted by Gasteiger charge is 2.16. The zero-order valence-corrected chi connectivity index (χ0v) is 12.5. The minimum atomic E-state index is -0.430. The molecule has 2 aromatic heterocycles. The second-order valence-electron chi connectivity index (χ2n) is 5.52. The Bertz CT molecular complexity index is 845. The lowest BCUT2D eigenvalue weighted by atomic mass is 10.1. The van der Waals surface area contributed by atoms with Gasteiger partial charge >= 0.3 is 0 Å². The van der Waals surface area contributed by atoms with E-state index >= 15 is 0 Å². The Morgan fingerprint density at radius 2 is 1.87 bits per heavy atom. The molecule has 0 radical (unpaired) electrons. The number of halogens is 1. The second-order valence-corrected chi connectivity index (χ2v) is 5.52. The van der Waals surface area contributed by atoms with Crippen LogP contribution in [0.2, 0.25) is 0 Å². The molecule has 0 saturated carbocycles. The molecular weight excluding hydrogens is 293 g/mol. The molecule has 6 heteroatoms. The van der Waals surface area contributed by atoms with Gasteiger partial charge in [-0.05, 0) is 12.1 Å². The van der Waals surface area contributed by atoms with E-state index in [2.05, 4.69) is 25.2 Å². The Hall–Kier alpha value is -2.60. The van der Waals surface area contributed by atoms with Gasteiger partial charge < -0.3 is 10.2 Å². The van der Waals surface area contributed by atoms with Crippen molar-refractivity contribution in [2.75, 3.05) is 31.1 Å². The van der Waals surface area contributed by atoms with Crippen LogP contribution in [0.1, 0.15) is 0 Å². The predicted octanol–water partition coefficient (Wildman–Crippen LogP) is 2.24. The first-order valence-electron chi connectivity index (χ1n) is 7.65. The lowest BCUT2D eigenvalue weighted by Gasteiger charge is -2.27. The van der Waals surface area contributed by atoms with E-state index in [0.29, 0.717) is 17.2 Å². The molecule has 23 heavy (non-hydrogen) atoms. The Morgan fingerprint density at radius 1 is 1.04 bits per heavy atom. The average Bonchev–Trinajstić information content (AvgIpc) is 2.62. The van der Waals surface area contributed by atoms with Gasteiger partial charge in [-0.3, -0.25) is 4.98 Å². The summed E-state index contributed by atoms with van der Waals surface area (Å²) in [4.78, 5) is 15.0. The van der Waals surface area contributed by atoms with Crippen molar-refractivity contribution in [2.24, 2.45) is 0 Å². The third-order valence-electron chi connectivity index (χ3n) is 4.00. The van der Waals surface area contributed by atoms with Crippen LogP contribution in [0.5, 0.6) is 0 Å². The fraction of sp³-hybridized carbons (Fsp3) is 0.235. The molecule has 0 spiro atoms. The van der Waals surface area contributed by atoms with Crippen molar-refractivity contribution in [3.8, 4) is 11.3 Å². The Morgan fingerprint density at radius 3 is 2.74 bits per heavy atom. The van der Waals surface area contributed by atoms with Crippen LogP contribution in [0.4, 0.5) is 10.3 Å². The first kappa shape index (κ1) is 14.0. The molecular formula is C17H16FN5. The maximum absolute atomic E-state index is 14.2. The van der Waals surface area contributed by atoms with Crippen LogP contribution in [-0.2, 0) is 0 Å². The quantitative estimate of drug-likeness (QED) is 0.787. The lowest BCUT2D eigenvalue weighted by Crippen LogP contribution is -2.44. The number of hydrogen-bond acceptors (Lipinski definition) is 5. The standard InChI is InChI=1S/C17H16FN5/c18-14-11-21-17(23-7-5-19-6-8-23)22-16(14)13-9-12-3-1-2-4-15(12)20-10-13/h1-4,9-11,19H,5-8H2. The fourth-order valence-electron chi connectivity index (χ4n) is 2.78. The first-order chi connectivity index (χ1) is 11.3. The highest BCUT2D eigenvalue weighted by molar-refractivity contribution is 5.82. The van der Waals surface area contributed by atoms with E-state index in [1.807, 2.05) is 30.3 Å². The average molecular weight is 309 g/mol. The van der Waals surface area contributed by atoms with Gasteiger partial charge in [0.25, 0.3) is 0 Å². The van der Waals surface area contributed by atoms with Crippen molar-refractivity contribution < 1.29 is 4.39 Å². The van der Waals surface area contributed by atoms with E-state index in [9.17, 15) is 4.39 Å². The number of hydrogen-bond donors (Lipinski definition) is 1. The van der Waals surface area contributed by atoms with E-state index in [1.54, 1.807) is 6.20 Å². The highest BCUT2D eigenvalue weighted by Crippen LogP contribution is 2.24. The van der Waals surface area contributed by atoms with E-state index in [4.69, 9.17) is 0 Å². The Labute approximate surface area is 133 Å². The van der Waals surface area contributed by atoms with Gasteiger partial charge in [-0.15, -0.1) is 0 Å². The van der Waals surface area contributed by atoms with Crippen molar-refractivity contribution in [3.05, 3.63) is 48.5 Å². The molecule has 0 amide bonds. The SMILES string of the molecule is Fc1cnc(N2CCNCC2)nc1-c1cnc2ccccc2c1. The molecule has 1 N–H and O–H groups in total. The molecule has 3 aromatic rings. The van der Waals surface area contributed by atoms with Gasteiger partial charge in [0.05, 0.1) is 11.7 Å². The molecule has 1 aliphatic heterocycles. The zero-order valence-electron chi connectivity index (χ0n) is 12.5. The number of pyridine rings is 1. The number of para-hydroxylation sites is 1. The van der Waals surface area contributed by atoms with Gasteiger partial charge in [-0.1, -0.05) is 18.2 Å². The van der Waals surface area contributed by atoms with Crippen molar-refractivity contribution in [1.82, 2.24) is 20.3 Å². The number of aromatic nitrogens is 3. The summed E-state index contributed by atoms with van der Waals surface area (Å²) in [6.45, 7) is 3.41. The minimum absolute atomic E-state index is 0.298. The summed E-state index contributed by atoms with van der Waals surface area (Å²) >= 11 is 0.